The highest BCUT2D eigenvalue weighted by Gasteiger charge is 2.30. The number of allylic oxidation sites excluding steroid dienone is 1. The van der Waals surface area contributed by atoms with Crippen molar-refractivity contribution < 1.29 is 22.9 Å². The van der Waals surface area contributed by atoms with Gasteiger partial charge in [-0.3, -0.25) is 0 Å². The number of aromatic carboxylic acids is 1. The van der Waals surface area contributed by atoms with Crippen molar-refractivity contribution in [2.45, 2.75) is 43.4 Å². The lowest BCUT2D eigenvalue weighted by atomic mass is 9.96. The lowest BCUT2D eigenvalue weighted by Gasteiger charge is -2.09. The summed E-state index contributed by atoms with van der Waals surface area (Å²) in [5.41, 5.74) is 4.00. The van der Waals surface area contributed by atoms with Crippen LogP contribution in [0.5, 0.6) is 0 Å². The van der Waals surface area contributed by atoms with E-state index in [-0.39, 0.29) is 16.4 Å². The highest BCUT2D eigenvalue weighted by Crippen LogP contribution is 2.39. The second-order valence-electron chi connectivity index (χ2n) is 10.4. The number of benzene rings is 2. The van der Waals surface area contributed by atoms with Crippen molar-refractivity contribution in [1.29, 1.82) is 0 Å². The molecule has 0 amide bonds. The van der Waals surface area contributed by atoms with Crippen LogP contribution in [0.25, 0.3) is 22.5 Å². The summed E-state index contributed by atoms with van der Waals surface area (Å²) in [5, 5.41) is 21.7. The number of hydrogen-bond donors (Lipinski definition) is 2. The third-order valence-electron chi connectivity index (χ3n) is 7.23. The average molecular weight is 582 g/mol. The molecule has 40 heavy (non-hydrogen) atoms. The molecule has 2 fully saturated rings. The van der Waals surface area contributed by atoms with E-state index >= 15 is 0 Å². The Hall–Kier alpha value is -3.54. The number of aromatic nitrogens is 3. The fourth-order valence-corrected chi connectivity index (χ4v) is 5.99. The van der Waals surface area contributed by atoms with Gasteiger partial charge in [-0.1, -0.05) is 22.4 Å². The van der Waals surface area contributed by atoms with Crippen LogP contribution in [0.15, 0.2) is 52.7 Å². The lowest BCUT2D eigenvalue weighted by molar-refractivity contribution is 0.0691. The van der Waals surface area contributed by atoms with Gasteiger partial charge in [0.15, 0.2) is 22.5 Å². The third-order valence-corrected chi connectivity index (χ3v) is 8.88. The molecule has 0 spiro atoms. The number of thiazole rings is 1. The molecule has 0 radical (unpaired) electrons. The monoisotopic (exact) mass is 581 g/mol. The van der Waals surface area contributed by atoms with E-state index in [1.807, 2.05) is 6.08 Å². The van der Waals surface area contributed by atoms with E-state index in [1.165, 1.54) is 34.9 Å². The van der Waals surface area contributed by atoms with Gasteiger partial charge >= 0.3 is 5.97 Å². The Kier molecular flexibility index (Phi) is 7.20. The Morgan fingerprint density at radius 1 is 1.15 bits per heavy atom. The van der Waals surface area contributed by atoms with Gasteiger partial charge in [-0.15, -0.1) is 16.5 Å². The van der Waals surface area contributed by atoms with Crippen molar-refractivity contribution in [3.05, 3.63) is 87.6 Å². The molecule has 4 aromatic rings. The molecule has 7 nitrogen and oxygen atoms in total. The van der Waals surface area contributed by atoms with Crippen LogP contribution < -0.4 is 5.14 Å². The predicted octanol–water partition coefficient (Wildman–Crippen LogP) is 5.87. The molecule has 2 aliphatic carbocycles. The second kappa shape index (κ2) is 10.8. The Balaban J connectivity index is 1.50. The third kappa shape index (κ3) is 5.67. The van der Waals surface area contributed by atoms with E-state index in [4.69, 9.17) is 10.2 Å². The van der Waals surface area contributed by atoms with E-state index in [1.54, 1.807) is 29.0 Å². The molecule has 2 heterocycles. The summed E-state index contributed by atoms with van der Waals surface area (Å²) in [5.74, 6) is -1.17. The van der Waals surface area contributed by atoms with Gasteiger partial charge in [0.2, 0.25) is 10.0 Å². The summed E-state index contributed by atoms with van der Waals surface area (Å²) < 4.78 is 42.9. The van der Waals surface area contributed by atoms with Gasteiger partial charge < -0.3 is 5.11 Å². The van der Waals surface area contributed by atoms with Gasteiger partial charge in [-0.05, 0) is 79.8 Å². The smallest absolute Gasteiger partial charge is 0.355 e. The fraction of sp³-hybridized carbons (Fsp3) is 0.276. The normalized spacial score (nSPS) is 16.1. The highest BCUT2D eigenvalue weighted by molar-refractivity contribution is 7.82. The molecule has 0 aliphatic heterocycles. The predicted molar refractivity (Wildman–Crippen MR) is 151 cm³/mol. The molecule has 1 unspecified atom stereocenters. The van der Waals surface area contributed by atoms with Crippen molar-refractivity contribution in [2.24, 2.45) is 17.0 Å². The van der Waals surface area contributed by atoms with Gasteiger partial charge in [0, 0.05) is 28.5 Å². The van der Waals surface area contributed by atoms with E-state index < -0.39 is 22.8 Å². The van der Waals surface area contributed by atoms with Crippen LogP contribution in [0.3, 0.4) is 0 Å². The van der Waals surface area contributed by atoms with Crippen LogP contribution >= 0.6 is 11.3 Å². The maximum atomic E-state index is 14.8. The SMILES string of the molecule is N[SH+](=O)c1ccc(Cc2c(-c3ccc(F)c(C=CC4CC4)c3)nn(-c3nc(C(=O)O)cs3)c2CC2CC2)cc1F. The van der Waals surface area contributed by atoms with Crippen molar-refractivity contribution in [2.75, 3.05) is 0 Å². The van der Waals surface area contributed by atoms with E-state index in [0.29, 0.717) is 52.2 Å². The number of carboxylic acids is 1. The number of halogens is 2. The van der Waals surface area contributed by atoms with Crippen LogP contribution in [0, 0.1) is 23.5 Å². The maximum absolute atomic E-state index is 14.8. The molecule has 0 bridgehead atoms. The largest absolute Gasteiger partial charge is 0.476 e. The molecular formula is C29H27F2N4O3S2+. The van der Waals surface area contributed by atoms with Crippen LogP contribution in [-0.4, -0.2) is 25.8 Å². The first-order chi connectivity index (χ1) is 19.3. The van der Waals surface area contributed by atoms with Crippen molar-refractivity contribution in [3.8, 4) is 16.4 Å². The topological polar surface area (TPSA) is 111 Å². The standard InChI is InChI=1S/C29H26F2N4O3S2/c30-22-9-8-20(14-19(22)7-5-16-1-2-16)27-21(11-18-6-10-26(40(32)38)23(31)12-18)25(13-17-3-4-17)35(34-27)29-33-24(15-39-29)28(36)37/h5-10,12,14-17H,1-4,11,13H2,(H2,32,38)(H,36,37)/p+1. The first-order valence-corrected chi connectivity index (χ1v) is 15.3. The van der Waals surface area contributed by atoms with Gasteiger partial charge in [-0.25, -0.2) is 23.2 Å². The minimum atomic E-state index is -2.32. The number of nitrogens with two attached hydrogens (primary N) is 1. The Morgan fingerprint density at radius 2 is 1.95 bits per heavy atom. The highest BCUT2D eigenvalue weighted by atomic mass is 32.2. The molecule has 11 heteroatoms. The summed E-state index contributed by atoms with van der Waals surface area (Å²) in [6, 6.07) is 9.32. The van der Waals surface area contributed by atoms with E-state index in [2.05, 4.69) is 4.98 Å². The number of carboxylic acid groups (broad SMARTS) is 1. The number of nitrogens with zero attached hydrogens (tertiary/aromatic N) is 3. The van der Waals surface area contributed by atoms with Crippen molar-refractivity contribution >= 4 is 34.4 Å². The molecule has 206 valence electrons. The number of hydrogen-bond acceptors (Lipinski definition) is 5. The minimum Gasteiger partial charge on any atom is -0.476 e. The fourth-order valence-electron chi connectivity index (χ4n) is 4.72. The van der Waals surface area contributed by atoms with Gasteiger partial charge in [-0.2, -0.15) is 5.10 Å². The molecule has 6 rings (SSSR count). The number of carbonyl (C=O) groups is 1. The molecule has 2 aromatic carbocycles. The van der Waals surface area contributed by atoms with Crippen molar-refractivity contribution in [1.82, 2.24) is 14.8 Å². The molecule has 1 atom stereocenters. The molecular weight excluding hydrogens is 554 g/mol. The minimum absolute atomic E-state index is 0.0394. The zero-order chi connectivity index (χ0) is 28.0. The summed E-state index contributed by atoms with van der Waals surface area (Å²) in [4.78, 5) is 15.8. The molecule has 3 N–H and O–H groups in total. The number of rotatable bonds is 10. The van der Waals surface area contributed by atoms with Gasteiger partial charge in [0.05, 0.1) is 11.4 Å². The quantitative estimate of drug-likeness (QED) is 0.180. The Bertz CT molecular complexity index is 1670. The van der Waals surface area contributed by atoms with Gasteiger partial charge in [0.1, 0.15) is 5.82 Å². The zero-order valence-electron chi connectivity index (χ0n) is 21.4. The van der Waals surface area contributed by atoms with Crippen molar-refractivity contribution in [3.63, 3.8) is 0 Å². The van der Waals surface area contributed by atoms with Gasteiger partial charge in [0.25, 0.3) is 0 Å². The molecule has 2 saturated carbocycles. The summed E-state index contributed by atoms with van der Waals surface area (Å²) >= 11 is 1.18. The first kappa shape index (κ1) is 26.7. The van der Waals surface area contributed by atoms with Crippen LogP contribution in [0.4, 0.5) is 8.78 Å². The number of thiol groups is 1. The molecule has 2 aliphatic rings. The van der Waals surface area contributed by atoms with E-state index in [0.717, 1.165) is 36.9 Å². The van der Waals surface area contributed by atoms with Crippen LogP contribution in [-0.2, 0) is 28.0 Å². The summed E-state index contributed by atoms with van der Waals surface area (Å²) in [6.45, 7) is 0. The molecule has 2 aromatic heterocycles. The Labute approximate surface area is 236 Å². The second-order valence-corrected chi connectivity index (χ2v) is 12.3. The zero-order valence-corrected chi connectivity index (χ0v) is 23.1. The maximum Gasteiger partial charge on any atom is 0.355 e. The van der Waals surface area contributed by atoms with Crippen LogP contribution in [0.1, 0.15) is 58.6 Å². The Morgan fingerprint density at radius 3 is 2.60 bits per heavy atom. The lowest BCUT2D eigenvalue weighted by Crippen LogP contribution is -2.07. The van der Waals surface area contributed by atoms with Crippen LogP contribution in [0.2, 0.25) is 0 Å². The average Bonchev–Trinajstić information content (AvgIpc) is 3.84. The summed E-state index contributed by atoms with van der Waals surface area (Å²) in [7, 11) is -2.32. The summed E-state index contributed by atoms with van der Waals surface area (Å²) in [6.07, 6.45) is 9.17. The molecule has 0 saturated heterocycles. The first-order valence-electron chi connectivity index (χ1n) is 13.0. The van der Waals surface area contributed by atoms with E-state index in [9.17, 15) is 22.9 Å².